The molecule has 1 aromatic rings. The summed E-state index contributed by atoms with van der Waals surface area (Å²) in [6.07, 6.45) is 2.42. The number of nitriles is 1. The van der Waals surface area contributed by atoms with E-state index in [1.807, 2.05) is 6.07 Å². The van der Waals surface area contributed by atoms with E-state index in [2.05, 4.69) is 16.7 Å². The highest BCUT2D eigenvalue weighted by Gasteiger charge is 2.13. The largest absolute Gasteiger partial charge is 0.384 e. The molecular formula is C13H16ClN3. The molecule has 0 aliphatic carbocycles. The summed E-state index contributed by atoms with van der Waals surface area (Å²) in [5, 5.41) is 16.0. The van der Waals surface area contributed by atoms with E-state index in [0.717, 1.165) is 37.7 Å². The molecule has 1 heterocycles. The molecule has 17 heavy (non-hydrogen) atoms. The molecule has 3 nitrogen and oxygen atoms in total. The van der Waals surface area contributed by atoms with Crippen LogP contribution in [0.1, 0.15) is 18.4 Å². The second-order valence-corrected chi connectivity index (χ2v) is 4.79. The third-order valence-corrected chi connectivity index (χ3v) is 3.44. The topological polar surface area (TPSA) is 47.9 Å². The average molecular weight is 250 g/mol. The van der Waals surface area contributed by atoms with Gasteiger partial charge in [0.05, 0.1) is 22.3 Å². The van der Waals surface area contributed by atoms with Gasteiger partial charge in [-0.3, -0.25) is 0 Å². The number of benzene rings is 1. The highest BCUT2D eigenvalue weighted by Crippen LogP contribution is 2.23. The van der Waals surface area contributed by atoms with Gasteiger partial charge in [-0.2, -0.15) is 5.26 Å². The van der Waals surface area contributed by atoms with Crippen molar-refractivity contribution < 1.29 is 0 Å². The summed E-state index contributed by atoms with van der Waals surface area (Å²) in [6.45, 7) is 3.20. The third kappa shape index (κ3) is 3.36. The number of nitrogens with one attached hydrogen (secondary N) is 2. The lowest BCUT2D eigenvalue weighted by Gasteiger charge is -2.11. The minimum absolute atomic E-state index is 0.598. The van der Waals surface area contributed by atoms with Gasteiger partial charge in [0.25, 0.3) is 0 Å². The maximum atomic E-state index is 8.74. The molecule has 0 spiro atoms. The molecule has 1 unspecified atom stereocenters. The molecule has 90 valence electrons. The Balaban J connectivity index is 1.84. The lowest BCUT2D eigenvalue weighted by molar-refractivity contribution is 0.549. The standard InChI is InChI=1S/C13H16ClN3/c14-12-7-11(8-15)1-2-13(12)17-6-4-10-3-5-16-9-10/h1-2,7,10,16-17H,3-6,9H2. The van der Waals surface area contributed by atoms with E-state index in [9.17, 15) is 0 Å². The van der Waals surface area contributed by atoms with Crippen LogP contribution in [0.25, 0.3) is 0 Å². The van der Waals surface area contributed by atoms with Gasteiger partial charge >= 0.3 is 0 Å². The SMILES string of the molecule is N#Cc1ccc(NCCC2CCNC2)c(Cl)c1. The van der Waals surface area contributed by atoms with E-state index in [-0.39, 0.29) is 0 Å². The quantitative estimate of drug-likeness (QED) is 0.863. The van der Waals surface area contributed by atoms with E-state index in [1.54, 1.807) is 12.1 Å². The van der Waals surface area contributed by atoms with Gasteiger partial charge in [-0.05, 0) is 50.0 Å². The number of hydrogen-bond donors (Lipinski definition) is 2. The van der Waals surface area contributed by atoms with Crippen molar-refractivity contribution in [1.29, 1.82) is 5.26 Å². The average Bonchev–Trinajstić information content (AvgIpc) is 2.84. The van der Waals surface area contributed by atoms with E-state index >= 15 is 0 Å². The van der Waals surface area contributed by atoms with Gasteiger partial charge in [0.1, 0.15) is 0 Å². The minimum Gasteiger partial charge on any atom is -0.384 e. The second-order valence-electron chi connectivity index (χ2n) is 4.38. The van der Waals surface area contributed by atoms with Gasteiger partial charge < -0.3 is 10.6 Å². The van der Waals surface area contributed by atoms with E-state index in [4.69, 9.17) is 16.9 Å². The second kappa shape index (κ2) is 5.90. The number of hydrogen-bond acceptors (Lipinski definition) is 3. The van der Waals surface area contributed by atoms with Gasteiger partial charge in [0.2, 0.25) is 0 Å². The fraction of sp³-hybridized carbons (Fsp3) is 0.462. The first-order chi connectivity index (χ1) is 8.29. The predicted octanol–water partition coefficient (Wildman–Crippen LogP) is 2.62. The van der Waals surface area contributed by atoms with E-state index < -0.39 is 0 Å². The lowest BCUT2D eigenvalue weighted by Crippen LogP contribution is -2.12. The van der Waals surface area contributed by atoms with Crippen molar-refractivity contribution in [2.24, 2.45) is 5.92 Å². The molecule has 0 bridgehead atoms. The highest BCUT2D eigenvalue weighted by molar-refractivity contribution is 6.33. The molecule has 1 aliphatic heterocycles. The maximum absolute atomic E-state index is 8.74. The Morgan fingerprint density at radius 3 is 3.06 bits per heavy atom. The van der Waals surface area contributed by atoms with E-state index in [1.165, 1.54) is 6.42 Å². The van der Waals surface area contributed by atoms with Crippen LogP contribution in [0.15, 0.2) is 18.2 Å². The molecule has 0 aromatic heterocycles. The van der Waals surface area contributed by atoms with Crippen molar-refractivity contribution in [3.63, 3.8) is 0 Å². The van der Waals surface area contributed by atoms with Crippen LogP contribution in [0.5, 0.6) is 0 Å². The molecule has 1 fully saturated rings. The fourth-order valence-corrected chi connectivity index (χ4v) is 2.35. The molecule has 0 amide bonds. The molecule has 1 saturated heterocycles. The Bertz CT molecular complexity index is 419. The summed E-state index contributed by atoms with van der Waals surface area (Å²) in [5.41, 5.74) is 1.51. The van der Waals surface area contributed by atoms with Crippen molar-refractivity contribution in [2.75, 3.05) is 25.0 Å². The number of nitrogens with zero attached hydrogens (tertiary/aromatic N) is 1. The summed E-state index contributed by atoms with van der Waals surface area (Å²) in [4.78, 5) is 0. The summed E-state index contributed by atoms with van der Waals surface area (Å²) in [6, 6.07) is 7.42. The summed E-state index contributed by atoms with van der Waals surface area (Å²) < 4.78 is 0. The summed E-state index contributed by atoms with van der Waals surface area (Å²) >= 11 is 6.08. The first-order valence-corrected chi connectivity index (χ1v) is 6.31. The number of halogens is 1. The molecule has 0 radical (unpaired) electrons. The Labute approximate surface area is 107 Å². The van der Waals surface area contributed by atoms with Crippen LogP contribution in [0, 0.1) is 17.2 Å². The lowest BCUT2D eigenvalue weighted by atomic mass is 10.1. The van der Waals surface area contributed by atoms with Gasteiger partial charge in [-0.25, -0.2) is 0 Å². The highest BCUT2D eigenvalue weighted by atomic mass is 35.5. The maximum Gasteiger partial charge on any atom is 0.0992 e. The summed E-state index contributed by atoms with van der Waals surface area (Å²) in [5.74, 6) is 0.777. The van der Waals surface area contributed by atoms with E-state index in [0.29, 0.717) is 10.6 Å². The molecule has 0 saturated carbocycles. The van der Waals surface area contributed by atoms with Crippen LogP contribution in [0.3, 0.4) is 0 Å². The van der Waals surface area contributed by atoms with Crippen molar-refractivity contribution >= 4 is 17.3 Å². The first kappa shape index (κ1) is 12.2. The molecule has 1 atom stereocenters. The molecule has 2 rings (SSSR count). The minimum atomic E-state index is 0.598. The Morgan fingerprint density at radius 1 is 1.53 bits per heavy atom. The van der Waals surface area contributed by atoms with Crippen LogP contribution < -0.4 is 10.6 Å². The summed E-state index contributed by atoms with van der Waals surface area (Å²) in [7, 11) is 0. The zero-order valence-corrected chi connectivity index (χ0v) is 10.4. The van der Waals surface area contributed by atoms with Crippen LogP contribution in [0.2, 0.25) is 5.02 Å². The predicted molar refractivity (Wildman–Crippen MR) is 70.3 cm³/mol. The van der Waals surface area contributed by atoms with Gasteiger partial charge in [-0.15, -0.1) is 0 Å². The number of rotatable bonds is 4. The zero-order chi connectivity index (χ0) is 12.1. The fourth-order valence-electron chi connectivity index (χ4n) is 2.10. The van der Waals surface area contributed by atoms with Crippen LogP contribution in [0.4, 0.5) is 5.69 Å². The van der Waals surface area contributed by atoms with Crippen molar-refractivity contribution in [3.8, 4) is 6.07 Å². The molecule has 1 aliphatic rings. The van der Waals surface area contributed by atoms with Gasteiger partial charge in [0.15, 0.2) is 0 Å². The van der Waals surface area contributed by atoms with Crippen molar-refractivity contribution in [3.05, 3.63) is 28.8 Å². The Kier molecular flexibility index (Phi) is 4.24. The monoisotopic (exact) mass is 249 g/mol. The van der Waals surface area contributed by atoms with Gasteiger partial charge in [0, 0.05) is 6.54 Å². The Morgan fingerprint density at radius 2 is 2.41 bits per heavy atom. The molecule has 4 heteroatoms. The molecule has 2 N–H and O–H groups in total. The Hall–Kier alpha value is -1.24. The normalized spacial score (nSPS) is 18.9. The first-order valence-electron chi connectivity index (χ1n) is 5.94. The van der Waals surface area contributed by atoms with Crippen LogP contribution in [-0.2, 0) is 0 Å². The van der Waals surface area contributed by atoms with Crippen molar-refractivity contribution in [2.45, 2.75) is 12.8 Å². The van der Waals surface area contributed by atoms with Crippen LogP contribution >= 0.6 is 11.6 Å². The van der Waals surface area contributed by atoms with Crippen LogP contribution in [-0.4, -0.2) is 19.6 Å². The smallest absolute Gasteiger partial charge is 0.0992 e. The number of anilines is 1. The molecule has 1 aromatic carbocycles. The zero-order valence-electron chi connectivity index (χ0n) is 9.67. The third-order valence-electron chi connectivity index (χ3n) is 3.13. The molecular weight excluding hydrogens is 234 g/mol. The van der Waals surface area contributed by atoms with Gasteiger partial charge in [-0.1, -0.05) is 11.6 Å². The van der Waals surface area contributed by atoms with Crippen molar-refractivity contribution in [1.82, 2.24) is 5.32 Å².